The van der Waals surface area contributed by atoms with Crippen LogP contribution >= 0.6 is 0 Å². The van der Waals surface area contributed by atoms with Crippen LogP contribution in [0, 0.1) is 11.6 Å². The minimum atomic E-state index is -0.789. The van der Waals surface area contributed by atoms with E-state index in [4.69, 9.17) is 5.73 Å². The molecular formula is C17H18F2N2. The largest absolute Gasteiger partial charge is 0.398 e. The zero-order valence-electron chi connectivity index (χ0n) is 11.7. The molecule has 0 atom stereocenters. The molecule has 1 saturated carbocycles. The highest BCUT2D eigenvalue weighted by Gasteiger charge is 2.30. The summed E-state index contributed by atoms with van der Waals surface area (Å²) in [5.41, 5.74) is 8.14. The lowest BCUT2D eigenvalue weighted by Gasteiger charge is -2.23. The van der Waals surface area contributed by atoms with Crippen LogP contribution in [0.25, 0.3) is 0 Å². The van der Waals surface area contributed by atoms with Crippen molar-refractivity contribution in [2.24, 2.45) is 0 Å². The van der Waals surface area contributed by atoms with Crippen molar-refractivity contribution < 1.29 is 8.78 Å². The van der Waals surface area contributed by atoms with Crippen molar-refractivity contribution in [3.8, 4) is 0 Å². The number of halogens is 2. The standard InChI is InChI=1S/C17H18F2N2/c18-15-6-3-5-13(17(15)19)11-21(14-8-9-14)10-12-4-1-2-7-16(12)20/h1-7,14H,8-11,20H2. The van der Waals surface area contributed by atoms with Crippen LogP contribution in [0.15, 0.2) is 42.5 Å². The predicted octanol–water partition coefficient (Wildman–Crippen LogP) is 3.71. The Morgan fingerprint density at radius 1 is 0.952 bits per heavy atom. The molecule has 110 valence electrons. The first-order valence-corrected chi connectivity index (χ1v) is 7.15. The molecule has 2 N–H and O–H groups in total. The van der Waals surface area contributed by atoms with Crippen molar-refractivity contribution >= 4 is 5.69 Å². The van der Waals surface area contributed by atoms with E-state index >= 15 is 0 Å². The molecule has 0 radical (unpaired) electrons. The molecule has 21 heavy (non-hydrogen) atoms. The number of rotatable bonds is 5. The summed E-state index contributed by atoms with van der Waals surface area (Å²) in [5.74, 6) is -1.54. The highest BCUT2D eigenvalue weighted by molar-refractivity contribution is 5.46. The number of hydrogen-bond donors (Lipinski definition) is 1. The molecule has 0 amide bonds. The Kier molecular flexibility index (Phi) is 3.88. The van der Waals surface area contributed by atoms with E-state index in [-0.39, 0.29) is 0 Å². The fourth-order valence-electron chi connectivity index (χ4n) is 2.54. The van der Waals surface area contributed by atoms with Gasteiger partial charge >= 0.3 is 0 Å². The van der Waals surface area contributed by atoms with E-state index in [2.05, 4.69) is 4.90 Å². The first-order valence-electron chi connectivity index (χ1n) is 7.15. The third-order valence-corrected chi connectivity index (χ3v) is 3.90. The topological polar surface area (TPSA) is 29.3 Å². The van der Waals surface area contributed by atoms with E-state index in [1.54, 1.807) is 12.1 Å². The molecule has 2 aromatic carbocycles. The van der Waals surface area contributed by atoms with E-state index in [1.807, 2.05) is 24.3 Å². The van der Waals surface area contributed by atoms with Gasteiger partial charge in [0.2, 0.25) is 0 Å². The maximum atomic E-state index is 13.8. The molecule has 2 nitrogen and oxygen atoms in total. The number of nitrogens with zero attached hydrogens (tertiary/aromatic N) is 1. The predicted molar refractivity (Wildman–Crippen MR) is 79.5 cm³/mol. The van der Waals surface area contributed by atoms with Crippen molar-refractivity contribution in [3.63, 3.8) is 0 Å². The Morgan fingerprint density at radius 3 is 2.33 bits per heavy atom. The highest BCUT2D eigenvalue weighted by atomic mass is 19.2. The number of hydrogen-bond acceptors (Lipinski definition) is 2. The van der Waals surface area contributed by atoms with Gasteiger partial charge in [-0.3, -0.25) is 4.90 Å². The molecule has 1 aliphatic carbocycles. The molecule has 1 aliphatic rings. The average molecular weight is 288 g/mol. The van der Waals surface area contributed by atoms with Gasteiger partial charge in [-0.05, 0) is 30.5 Å². The van der Waals surface area contributed by atoms with Gasteiger partial charge in [0.1, 0.15) is 0 Å². The third-order valence-electron chi connectivity index (χ3n) is 3.90. The van der Waals surface area contributed by atoms with Gasteiger partial charge in [0, 0.05) is 30.4 Å². The number of nitrogen functional groups attached to an aromatic ring is 1. The first-order chi connectivity index (χ1) is 10.1. The Balaban J connectivity index is 1.79. The Hall–Kier alpha value is -1.94. The van der Waals surface area contributed by atoms with Crippen LogP contribution in [0.3, 0.4) is 0 Å². The summed E-state index contributed by atoms with van der Waals surface area (Å²) in [7, 11) is 0. The van der Waals surface area contributed by atoms with Crippen LogP contribution in [-0.4, -0.2) is 10.9 Å². The van der Waals surface area contributed by atoms with Gasteiger partial charge < -0.3 is 5.73 Å². The van der Waals surface area contributed by atoms with E-state index in [0.29, 0.717) is 24.7 Å². The first kappa shape index (κ1) is 14.0. The van der Waals surface area contributed by atoms with Gasteiger partial charge in [0.25, 0.3) is 0 Å². The quantitative estimate of drug-likeness (QED) is 0.850. The second-order valence-corrected chi connectivity index (χ2v) is 5.55. The molecule has 0 aromatic heterocycles. The summed E-state index contributed by atoms with van der Waals surface area (Å²) in [6.07, 6.45) is 2.20. The van der Waals surface area contributed by atoms with Crippen molar-refractivity contribution in [1.82, 2.24) is 4.90 Å². The lowest BCUT2D eigenvalue weighted by atomic mass is 10.1. The molecule has 2 aromatic rings. The van der Waals surface area contributed by atoms with E-state index in [0.717, 1.165) is 30.2 Å². The van der Waals surface area contributed by atoms with Gasteiger partial charge in [0.05, 0.1) is 0 Å². The van der Waals surface area contributed by atoms with Crippen LogP contribution < -0.4 is 5.73 Å². The minimum absolute atomic E-state index is 0.399. The van der Waals surface area contributed by atoms with Gasteiger partial charge in [-0.1, -0.05) is 30.3 Å². The summed E-state index contributed by atoms with van der Waals surface area (Å²) >= 11 is 0. The molecular weight excluding hydrogens is 270 g/mol. The summed E-state index contributed by atoms with van der Waals surface area (Å²) in [6, 6.07) is 12.5. The smallest absolute Gasteiger partial charge is 0.163 e. The number of nitrogens with two attached hydrogens (primary N) is 1. The van der Waals surface area contributed by atoms with Gasteiger partial charge in [-0.25, -0.2) is 8.78 Å². The molecule has 0 heterocycles. The van der Waals surface area contributed by atoms with Crippen LogP contribution in [0.5, 0.6) is 0 Å². The fourth-order valence-corrected chi connectivity index (χ4v) is 2.54. The van der Waals surface area contributed by atoms with Crippen molar-refractivity contribution in [2.45, 2.75) is 32.0 Å². The second kappa shape index (κ2) is 5.82. The Labute approximate surface area is 123 Å². The molecule has 0 spiro atoms. The molecule has 0 bridgehead atoms. The Bertz CT molecular complexity index is 638. The van der Waals surface area contributed by atoms with Gasteiger partial charge in [0.15, 0.2) is 11.6 Å². The van der Waals surface area contributed by atoms with Crippen LogP contribution in [-0.2, 0) is 13.1 Å². The Morgan fingerprint density at radius 2 is 1.62 bits per heavy atom. The molecule has 3 rings (SSSR count). The molecule has 1 fully saturated rings. The summed E-state index contributed by atoms with van der Waals surface area (Å²) in [4.78, 5) is 2.17. The monoisotopic (exact) mass is 288 g/mol. The maximum absolute atomic E-state index is 13.8. The molecule has 0 aliphatic heterocycles. The highest BCUT2D eigenvalue weighted by Crippen LogP contribution is 2.31. The van der Waals surface area contributed by atoms with E-state index in [9.17, 15) is 8.78 Å². The van der Waals surface area contributed by atoms with Gasteiger partial charge in [-0.15, -0.1) is 0 Å². The third kappa shape index (κ3) is 3.22. The SMILES string of the molecule is Nc1ccccc1CN(Cc1cccc(F)c1F)C1CC1. The van der Waals surface area contributed by atoms with Crippen molar-refractivity contribution in [1.29, 1.82) is 0 Å². The lowest BCUT2D eigenvalue weighted by molar-refractivity contribution is 0.241. The van der Waals surface area contributed by atoms with E-state index < -0.39 is 11.6 Å². The second-order valence-electron chi connectivity index (χ2n) is 5.55. The normalized spacial score (nSPS) is 14.6. The number of para-hydroxylation sites is 1. The van der Waals surface area contributed by atoms with Gasteiger partial charge in [-0.2, -0.15) is 0 Å². The molecule has 4 heteroatoms. The average Bonchev–Trinajstić information content (AvgIpc) is 3.30. The van der Waals surface area contributed by atoms with Crippen LogP contribution in [0.2, 0.25) is 0 Å². The molecule has 0 unspecified atom stereocenters. The fraction of sp³-hybridized carbons (Fsp3) is 0.294. The lowest BCUT2D eigenvalue weighted by Crippen LogP contribution is -2.26. The maximum Gasteiger partial charge on any atom is 0.163 e. The summed E-state index contributed by atoms with van der Waals surface area (Å²) < 4.78 is 27.2. The summed E-state index contributed by atoms with van der Waals surface area (Å²) in [6.45, 7) is 1.07. The zero-order chi connectivity index (χ0) is 14.8. The van der Waals surface area contributed by atoms with Crippen molar-refractivity contribution in [2.75, 3.05) is 5.73 Å². The van der Waals surface area contributed by atoms with Crippen LogP contribution in [0.4, 0.5) is 14.5 Å². The van der Waals surface area contributed by atoms with E-state index in [1.165, 1.54) is 0 Å². The zero-order valence-corrected chi connectivity index (χ0v) is 11.7. The summed E-state index contributed by atoms with van der Waals surface area (Å²) in [5, 5.41) is 0. The number of benzene rings is 2. The minimum Gasteiger partial charge on any atom is -0.398 e. The number of anilines is 1. The molecule has 0 saturated heterocycles. The van der Waals surface area contributed by atoms with Crippen LogP contribution in [0.1, 0.15) is 24.0 Å². The van der Waals surface area contributed by atoms with Crippen molar-refractivity contribution in [3.05, 3.63) is 65.2 Å².